The van der Waals surface area contributed by atoms with Crippen LogP contribution in [0.15, 0.2) is 12.4 Å². The van der Waals surface area contributed by atoms with E-state index in [1.165, 1.54) is 24.3 Å². The molecule has 0 atom stereocenters. The SMILES string of the molecule is Nc1cncc(NCC2CCSCC2)n1. The summed E-state index contributed by atoms with van der Waals surface area (Å²) < 4.78 is 0. The second-order valence-corrected chi connectivity index (χ2v) is 4.99. The lowest BCUT2D eigenvalue weighted by molar-refractivity contribution is 0.515. The van der Waals surface area contributed by atoms with E-state index in [9.17, 15) is 0 Å². The molecule has 3 N–H and O–H groups in total. The van der Waals surface area contributed by atoms with Gasteiger partial charge in [0.05, 0.1) is 12.4 Å². The maximum absolute atomic E-state index is 5.55. The number of rotatable bonds is 3. The van der Waals surface area contributed by atoms with Gasteiger partial charge in [-0.15, -0.1) is 0 Å². The zero-order valence-corrected chi connectivity index (χ0v) is 9.46. The van der Waals surface area contributed by atoms with Crippen LogP contribution in [0, 0.1) is 5.92 Å². The molecule has 2 heterocycles. The fourth-order valence-electron chi connectivity index (χ4n) is 1.67. The van der Waals surface area contributed by atoms with E-state index < -0.39 is 0 Å². The zero-order chi connectivity index (χ0) is 10.5. The van der Waals surface area contributed by atoms with Gasteiger partial charge in [-0.05, 0) is 30.3 Å². The molecule has 1 aromatic rings. The van der Waals surface area contributed by atoms with Gasteiger partial charge < -0.3 is 11.1 Å². The first-order chi connectivity index (χ1) is 7.34. The minimum Gasteiger partial charge on any atom is -0.382 e. The molecule has 0 aromatic carbocycles. The Morgan fingerprint density at radius 1 is 1.40 bits per heavy atom. The maximum atomic E-state index is 5.55. The average Bonchev–Trinajstić information content (AvgIpc) is 2.28. The van der Waals surface area contributed by atoms with Crippen LogP contribution in [0.3, 0.4) is 0 Å². The van der Waals surface area contributed by atoms with Crippen LogP contribution in [-0.2, 0) is 0 Å². The Labute approximate surface area is 94.1 Å². The zero-order valence-electron chi connectivity index (χ0n) is 8.65. The molecule has 5 heteroatoms. The highest BCUT2D eigenvalue weighted by Crippen LogP contribution is 2.22. The first kappa shape index (κ1) is 10.5. The van der Waals surface area contributed by atoms with Crippen molar-refractivity contribution in [2.24, 2.45) is 5.92 Å². The Bertz CT molecular complexity index is 312. The van der Waals surface area contributed by atoms with Crippen molar-refractivity contribution in [3.8, 4) is 0 Å². The van der Waals surface area contributed by atoms with Crippen LogP contribution in [-0.4, -0.2) is 28.0 Å². The van der Waals surface area contributed by atoms with E-state index in [1.807, 2.05) is 11.8 Å². The van der Waals surface area contributed by atoms with Crippen molar-refractivity contribution in [1.82, 2.24) is 9.97 Å². The number of thioether (sulfide) groups is 1. The molecule has 0 bridgehead atoms. The highest BCUT2D eigenvalue weighted by Gasteiger charge is 2.13. The number of aromatic nitrogens is 2. The first-order valence-electron chi connectivity index (χ1n) is 5.24. The van der Waals surface area contributed by atoms with E-state index in [-0.39, 0.29) is 0 Å². The first-order valence-corrected chi connectivity index (χ1v) is 6.39. The number of nitrogen functional groups attached to an aromatic ring is 1. The molecular formula is C10H16N4S. The largest absolute Gasteiger partial charge is 0.382 e. The molecule has 1 aliphatic rings. The fourth-order valence-corrected chi connectivity index (χ4v) is 2.87. The maximum Gasteiger partial charge on any atom is 0.146 e. The van der Waals surface area contributed by atoms with Crippen LogP contribution in [0.5, 0.6) is 0 Å². The van der Waals surface area contributed by atoms with Crippen LogP contribution in [0.2, 0.25) is 0 Å². The highest BCUT2D eigenvalue weighted by molar-refractivity contribution is 7.99. The predicted molar refractivity (Wildman–Crippen MR) is 65.0 cm³/mol. The molecule has 1 saturated heterocycles. The summed E-state index contributed by atoms with van der Waals surface area (Å²) in [4.78, 5) is 8.15. The molecular weight excluding hydrogens is 208 g/mol. The summed E-state index contributed by atoms with van der Waals surface area (Å²) in [6.07, 6.45) is 5.87. The summed E-state index contributed by atoms with van der Waals surface area (Å²) >= 11 is 2.05. The number of nitrogens with zero attached hydrogens (tertiary/aromatic N) is 2. The summed E-state index contributed by atoms with van der Waals surface area (Å²) in [7, 11) is 0. The van der Waals surface area contributed by atoms with Gasteiger partial charge in [-0.1, -0.05) is 0 Å². The van der Waals surface area contributed by atoms with Crippen molar-refractivity contribution < 1.29 is 0 Å². The highest BCUT2D eigenvalue weighted by atomic mass is 32.2. The lowest BCUT2D eigenvalue weighted by Gasteiger charge is -2.21. The molecule has 0 amide bonds. The molecule has 15 heavy (non-hydrogen) atoms. The number of nitrogens with two attached hydrogens (primary N) is 1. The second-order valence-electron chi connectivity index (χ2n) is 3.77. The molecule has 1 aliphatic heterocycles. The average molecular weight is 224 g/mol. The van der Waals surface area contributed by atoms with Crippen molar-refractivity contribution in [2.45, 2.75) is 12.8 Å². The summed E-state index contributed by atoms with van der Waals surface area (Å²) in [5.74, 6) is 4.60. The smallest absolute Gasteiger partial charge is 0.146 e. The molecule has 0 aliphatic carbocycles. The lowest BCUT2D eigenvalue weighted by Crippen LogP contribution is -2.19. The monoisotopic (exact) mass is 224 g/mol. The van der Waals surface area contributed by atoms with Gasteiger partial charge in [-0.2, -0.15) is 11.8 Å². The van der Waals surface area contributed by atoms with Gasteiger partial charge in [-0.25, -0.2) is 4.98 Å². The van der Waals surface area contributed by atoms with Gasteiger partial charge in [0.15, 0.2) is 0 Å². The summed E-state index contributed by atoms with van der Waals surface area (Å²) in [5, 5.41) is 3.29. The van der Waals surface area contributed by atoms with Gasteiger partial charge in [0, 0.05) is 6.54 Å². The molecule has 2 rings (SSSR count). The Kier molecular flexibility index (Phi) is 3.66. The third-order valence-electron chi connectivity index (χ3n) is 2.57. The van der Waals surface area contributed by atoms with Crippen molar-refractivity contribution in [1.29, 1.82) is 0 Å². The van der Waals surface area contributed by atoms with E-state index in [2.05, 4.69) is 15.3 Å². The Hall–Kier alpha value is -0.970. The summed E-state index contributed by atoms with van der Waals surface area (Å²) in [6.45, 7) is 0.985. The number of hydrogen-bond acceptors (Lipinski definition) is 5. The Morgan fingerprint density at radius 3 is 2.93 bits per heavy atom. The van der Waals surface area contributed by atoms with Crippen LogP contribution in [0.1, 0.15) is 12.8 Å². The molecule has 82 valence electrons. The minimum atomic E-state index is 0.471. The third-order valence-corrected chi connectivity index (χ3v) is 3.61. The van der Waals surface area contributed by atoms with Crippen LogP contribution < -0.4 is 11.1 Å². The molecule has 1 aromatic heterocycles. The molecule has 0 spiro atoms. The number of anilines is 2. The topological polar surface area (TPSA) is 63.8 Å². The molecule has 0 unspecified atom stereocenters. The van der Waals surface area contributed by atoms with Gasteiger partial charge in [0.1, 0.15) is 11.6 Å². The summed E-state index contributed by atoms with van der Waals surface area (Å²) in [5.41, 5.74) is 5.55. The van der Waals surface area contributed by atoms with Crippen molar-refractivity contribution in [2.75, 3.05) is 29.1 Å². The quantitative estimate of drug-likeness (QED) is 0.816. The van der Waals surface area contributed by atoms with Crippen LogP contribution in [0.4, 0.5) is 11.6 Å². The number of nitrogens with one attached hydrogen (secondary N) is 1. The van der Waals surface area contributed by atoms with E-state index in [1.54, 1.807) is 12.4 Å². The second kappa shape index (κ2) is 5.21. The van der Waals surface area contributed by atoms with Crippen molar-refractivity contribution in [3.05, 3.63) is 12.4 Å². The van der Waals surface area contributed by atoms with Crippen molar-refractivity contribution >= 4 is 23.4 Å². The molecule has 1 fully saturated rings. The standard InChI is InChI=1S/C10H16N4S/c11-9-6-12-7-10(14-9)13-5-8-1-3-15-4-2-8/h6-8H,1-5H2,(H3,11,13,14). The van der Waals surface area contributed by atoms with Gasteiger partial charge in [0.2, 0.25) is 0 Å². The lowest BCUT2D eigenvalue weighted by atomic mass is 10.0. The van der Waals surface area contributed by atoms with E-state index in [0.717, 1.165) is 18.3 Å². The molecule has 0 radical (unpaired) electrons. The van der Waals surface area contributed by atoms with Gasteiger partial charge in [-0.3, -0.25) is 4.98 Å². The molecule has 0 saturated carbocycles. The molecule has 4 nitrogen and oxygen atoms in total. The minimum absolute atomic E-state index is 0.471. The van der Waals surface area contributed by atoms with E-state index in [4.69, 9.17) is 5.73 Å². The third kappa shape index (κ3) is 3.27. The van der Waals surface area contributed by atoms with E-state index >= 15 is 0 Å². The van der Waals surface area contributed by atoms with Crippen LogP contribution >= 0.6 is 11.8 Å². The number of hydrogen-bond donors (Lipinski definition) is 2. The van der Waals surface area contributed by atoms with E-state index in [0.29, 0.717) is 5.82 Å². The Balaban J connectivity index is 1.81. The van der Waals surface area contributed by atoms with Gasteiger partial charge in [0.25, 0.3) is 0 Å². The van der Waals surface area contributed by atoms with Crippen molar-refractivity contribution in [3.63, 3.8) is 0 Å². The normalized spacial score (nSPS) is 17.6. The summed E-state index contributed by atoms with van der Waals surface area (Å²) in [6, 6.07) is 0. The Morgan fingerprint density at radius 2 is 2.20 bits per heavy atom. The van der Waals surface area contributed by atoms with Crippen LogP contribution in [0.25, 0.3) is 0 Å². The van der Waals surface area contributed by atoms with Gasteiger partial charge >= 0.3 is 0 Å². The predicted octanol–water partition coefficient (Wildman–Crippen LogP) is 1.61. The fraction of sp³-hybridized carbons (Fsp3) is 0.600.